The van der Waals surface area contributed by atoms with Crippen LogP contribution in [0.3, 0.4) is 0 Å². The Morgan fingerprint density at radius 2 is 1.85 bits per heavy atom. The molecule has 0 aliphatic carbocycles. The predicted octanol–water partition coefficient (Wildman–Crippen LogP) is 3.35. The van der Waals surface area contributed by atoms with Gasteiger partial charge in [-0.15, -0.1) is 0 Å². The van der Waals surface area contributed by atoms with Gasteiger partial charge in [0.15, 0.2) is 0 Å². The van der Waals surface area contributed by atoms with E-state index < -0.39 is 0 Å². The van der Waals surface area contributed by atoms with Gasteiger partial charge in [-0.3, -0.25) is 0 Å². The van der Waals surface area contributed by atoms with E-state index in [4.69, 9.17) is 4.74 Å². The molecule has 0 spiro atoms. The fourth-order valence-electron chi connectivity index (χ4n) is 3.01. The quantitative estimate of drug-likeness (QED) is 0.839. The van der Waals surface area contributed by atoms with Gasteiger partial charge in [-0.2, -0.15) is 0 Å². The summed E-state index contributed by atoms with van der Waals surface area (Å²) in [6, 6.07) is 7.39. The second-order valence-corrected chi connectivity index (χ2v) is 6.26. The van der Waals surface area contributed by atoms with Crippen LogP contribution in [-0.2, 0) is 0 Å². The minimum atomic E-state index is 0.499. The lowest BCUT2D eigenvalue weighted by molar-refractivity contribution is 0.249. The lowest BCUT2D eigenvalue weighted by Crippen LogP contribution is -2.41. The van der Waals surface area contributed by atoms with E-state index >= 15 is 0 Å². The van der Waals surface area contributed by atoms with E-state index in [1.807, 2.05) is 0 Å². The molecule has 1 aliphatic heterocycles. The lowest BCUT2D eigenvalue weighted by atomic mass is 10.00. The average molecular weight is 276 g/mol. The maximum absolute atomic E-state index is 5.56. The molecule has 0 unspecified atom stereocenters. The summed E-state index contributed by atoms with van der Waals surface area (Å²) in [4.78, 5) is 4.83. The van der Waals surface area contributed by atoms with E-state index in [9.17, 15) is 0 Å². The first-order valence-corrected chi connectivity index (χ1v) is 7.62. The predicted molar refractivity (Wildman–Crippen MR) is 86.0 cm³/mol. The molecule has 1 heterocycles. The second-order valence-electron chi connectivity index (χ2n) is 6.26. The summed E-state index contributed by atoms with van der Waals surface area (Å²) < 4.78 is 5.56. The zero-order chi connectivity index (χ0) is 14.7. The van der Waals surface area contributed by atoms with Crippen molar-refractivity contribution in [1.29, 1.82) is 0 Å². The van der Waals surface area contributed by atoms with Gasteiger partial charge in [-0.25, -0.2) is 0 Å². The van der Waals surface area contributed by atoms with E-state index in [1.165, 1.54) is 24.1 Å². The first-order chi connectivity index (χ1) is 9.52. The van der Waals surface area contributed by atoms with Gasteiger partial charge in [-0.05, 0) is 44.5 Å². The highest BCUT2D eigenvalue weighted by Crippen LogP contribution is 2.32. The van der Waals surface area contributed by atoms with E-state index in [-0.39, 0.29) is 0 Å². The Labute approximate surface area is 123 Å². The Balaban J connectivity index is 2.10. The molecule has 3 nitrogen and oxygen atoms in total. The van der Waals surface area contributed by atoms with Crippen LogP contribution in [0.15, 0.2) is 18.2 Å². The summed E-state index contributed by atoms with van der Waals surface area (Å²) in [7, 11) is 6.13. The highest BCUT2D eigenvalue weighted by molar-refractivity contribution is 5.54. The van der Waals surface area contributed by atoms with Crippen molar-refractivity contribution >= 4 is 5.69 Å². The molecule has 1 aromatic rings. The third-order valence-corrected chi connectivity index (χ3v) is 4.40. The maximum atomic E-state index is 5.56. The fraction of sp³-hybridized carbons (Fsp3) is 0.647. The Morgan fingerprint density at radius 3 is 2.35 bits per heavy atom. The van der Waals surface area contributed by atoms with E-state index in [0.29, 0.717) is 5.92 Å². The molecule has 0 atom stereocenters. The standard InChI is InChI=1S/C17H28N2O/c1-13(2)16-7-6-15(12-17(16)20-5)19-10-8-14(9-11-19)18(3)4/h6-7,12-14H,8-11H2,1-5H3. The summed E-state index contributed by atoms with van der Waals surface area (Å²) in [5, 5.41) is 0. The number of anilines is 1. The first-order valence-electron chi connectivity index (χ1n) is 7.62. The molecule has 112 valence electrons. The molecule has 2 rings (SSSR count). The number of hydrogen-bond donors (Lipinski definition) is 0. The molecule has 0 amide bonds. The number of methoxy groups -OCH3 is 1. The Kier molecular flexibility index (Phi) is 4.92. The van der Waals surface area contributed by atoms with Gasteiger partial charge in [-0.1, -0.05) is 19.9 Å². The Morgan fingerprint density at radius 1 is 1.20 bits per heavy atom. The smallest absolute Gasteiger partial charge is 0.124 e. The Bertz CT molecular complexity index is 435. The van der Waals surface area contributed by atoms with E-state index in [2.05, 4.69) is 55.9 Å². The fourth-order valence-corrected chi connectivity index (χ4v) is 3.01. The number of benzene rings is 1. The number of nitrogens with zero attached hydrogens (tertiary/aromatic N) is 2. The molecular weight excluding hydrogens is 248 g/mol. The summed E-state index contributed by atoms with van der Waals surface area (Å²) >= 11 is 0. The van der Waals surface area contributed by atoms with Gasteiger partial charge < -0.3 is 14.5 Å². The van der Waals surface area contributed by atoms with Gasteiger partial charge in [0.2, 0.25) is 0 Å². The van der Waals surface area contributed by atoms with Crippen LogP contribution in [0, 0.1) is 0 Å². The molecule has 1 saturated heterocycles. The molecule has 0 bridgehead atoms. The van der Waals surface area contributed by atoms with Gasteiger partial charge >= 0.3 is 0 Å². The van der Waals surface area contributed by atoms with Crippen LogP contribution in [0.5, 0.6) is 5.75 Å². The average Bonchev–Trinajstić information content (AvgIpc) is 2.46. The van der Waals surface area contributed by atoms with Crippen molar-refractivity contribution in [2.24, 2.45) is 0 Å². The third-order valence-electron chi connectivity index (χ3n) is 4.40. The summed E-state index contributed by atoms with van der Waals surface area (Å²) in [5.41, 5.74) is 2.59. The Hall–Kier alpha value is -1.22. The number of rotatable bonds is 4. The van der Waals surface area contributed by atoms with Gasteiger partial charge in [0, 0.05) is 30.9 Å². The summed E-state index contributed by atoms with van der Waals surface area (Å²) in [5.74, 6) is 1.52. The molecular formula is C17H28N2O. The maximum Gasteiger partial charge on any atom is 0.124 e. The monoisotopic (exact) mass is 276 g/mol. The molecule has 3 heteroatoms. The van der Waals surface area contributed by atoms with Crippen LogP contribution in [0.4, 0.5) is 5.69 Å². The number of ether oxygens (including phenoxy) is 1. The topological polar surface area (TPSA) is 15.7 Å². The summed E-state index contributed by atoms with van der Waals surface area (Å²) in [6.07, 6.45) is 2.47. The molecule has 1 fully saturated rings. The highest BCUT2D eigenvalue weighted by Gasteiger charge is 2.21. The third kappa shape index (κ3) is 3.26. The van der Waals surface area contributed by atoms with Crippen LogP contribution < -0.4 is 9.64 Å². The van der Waals surface area contributed by atoms with Gasteiger partial charge in [0.05, 0.1) is 7.11 Å². The molecule has 0 aromatic heterocycles. The molecule has 0 radical (unpaired) electrons. The van der Waals surface area contributed by atoms with Gasteiger partial charge in [0.25, 0.3) is 0 Å². The largest absolute Gasteiger partial charge is 0.496 e. The molecule has 1 aromatic carbocycles. The van der Waals surface area contributed by atoms with Crippen LogP contribution in [0.2, 0.25) is 0 Å². The van der Waals surface area contributed by atoms with Crippen molar-refractivity contribution in [1.82, 2.24) is 4.90 Å². The molecule has 0 N–H and O–H groups in total. The first kappa shape index (κ1) is 15.2. The SMILES string of the molecule is COc1cc(N2CCC(N(C)C)CC2)ccc1C(C)C. The molecule has 0 saturated carbocycles. The van der Waals surface area contributed by atoms with E-state index in [1.54, 1.807) is 7.11 Å². The van der Waals surface area contributed by atoms with Crippen LogP contribution in [-0.4, -0.2) is 45.2 Å². The second kappa shape index (κ2) is 6.49. The normalized spacial score (nSPS) is 17.1. The van der Waals surface area contributed by atoms with Crippen molar-refractivity contribution in [3.63, 3.8) is 0 Å². The lowest BCUT2D eigenvalue weighted by Gasteiger charge is -2.36. The minimum absolute atomic E-state index is 0.499. The van der Waals surface area contributed by atoms with E-state index in [0.717, 1.165) is 24.9 Å². The highest BCUT2D eigenvalue weighted by atomic mass is 16.5. The van der Waals surface area contributed by atoms with Crippen molar-refractivity contribution in [3.05, 3.63) is 23.8 Å². The van der Waals surface area contributed by atoms with Crippen molar-refractivity contribution < 1.29 is 4.74 Å². The van der Waals surface area contributed by atoms with Crippen LogP contribution >= 0.6 is 0 Å². The van der Waals surface area contributed by atoms with Crippen molar-refractivity contribution in [3.8, 4) is 5.75 Å². The van der Waals surface area contributed by atoms with Crippen LogP contribution in [0.25, 0.3) is 0 Å². The zero-order valence-electron chi connectivity index (χ0n) is 13.5. The van der Waals surface area contributed by atoms with Crippen molar-refractivity contribution in [2.45, 2.75) is 38.6 Å². The van der Waals surface area contributed by atoms with Crippen LogP contribution in [0.1, 0.15) is 38.2 Å². The zero-order valence-corrected chi connectivity index (χ0v) is 13.5. The van der Waals surface area contributed by atoms with Gasteiger partial charge in [0.1, 0.15) is 5.75 Å². The van der Waals surface area contributed by atoms with Crippen molar-refractivity contribution in [2.75, 3.05) is 39.2 Å². The number of piperidine rings is 1. The molecule has 1 aliphatic rings. The number of hydrogen-bond acceptors (Lipinski definition) is 3. The minimum Gasteiger partial charge on any atom is -0.496 e. The molecule has 20 heavy (non-hydrogen) atoms. The summed E-state index contributed by atoms with van der Waals surface area (Å²) in [6.45, 7) is 6.68.